The standard InChI is InChI=1S/C17H18N4O2S/c18-12-13-2-6-17(7-3-13)24(22,23)21-14-4-5-15(21)11-16(10-14)20-9-1-8-19-20/h1-3,6-9,14-16H,4-5,10-11H2. The van der Waals surface area contributed by atoms with Gasteiger partial charge in [-0.1, -0.05) is 0 Å². The minimum Gasteiger partial charge on any atom is -0.270 e. The average molecular weight is 342 g/mol. The fourth-order valence-electron chi connectivity index (χ4n) is 4.03. The molecule has 2 aliphatic heterocycles. The van der Waals surface area contributed by atoms with Gasteiger partial charge in [-0.25, -0.2) is 8.42 Å². The van der Waals surface area contributed by atoms with Crippen molar-refractivity contribution in [1.82, 2.24) is 14.1 Å². The molecule has 0 N–H and O–H groups in total. The number of rotatable bonds is 3. The zero-order valence-electron chi connectivity index (χ0n) is 13.1. The van der Waals surface area contributed by atoms with Gasteiger partial charge in [-0.3, -0.25) is 4.68 Å². The van der Waals surface area contributed by atoms with E-state index in [1.807, 2.05) is 23.0 Å². The van der Waals surface area contributed by atoms with Gasteiger partial charge in [0.15, 0.2) is 0 Å². The number of piperidine rings is 1. The first-order valence-electron chi connectivity index (χ1n) is 8.12. The molecule has 3 heterocycles. The first-order chi connectivity index (χ1) is 11.6. The quantitative estimate of drug-likeness (QED) is 0.857. The number of sulfonamides is 1. The predicted octanol–water partition coefficient (Wildman–Crippen LogP) is 2.31. The Bertz CT molecular complexity index is 854. The highest BCUT2D eigenvalue weighted by molar-refractivity contribution is 7.89. The van der Waals surface area contributed by atoms with Crippen LogP contribution in [0.4, 0.5) is 0 Å². The van der Waals surface area contributed by atoms with Crippen molar-refractivity contribution in [2.45, 2.75) is 48.7 Å². The molecule has 124 valence electrons. The SMILES string of the molecule is N#Cc1ccc(S(=O)(=O)N2C3CCC2CC(n2cccn2)C3)cc1. The number of fused-ring (bicyclic) bond motifs is 2. The number of hydrogen-bond acceptors (Lipinski definition) is 4. The van der Waals surface area contributed by atoms with Gasteiger partial charge in [0.2, 0.25) is 10.0 Å². The van der Waals surface area contributed by atoms with Crippen molar-refractivity contribution in [2.75, 3.05) is 0 Å². The highest BCUT2D eigenvalue weighted by Crippen LogP contribution is 2.43. The molecule has 0 radical (unpaired) electrons. The highest BCUT2D eigenvalue weighted by Gasteiger charge is 2.47. The minimum atomic E-state index is -3.52. The molecule has 0 spiro atoms. The molecule has 2 bridgehead atoms. The Morgan fingerprint density at radius 3 is 2.29 bits per heavy atom. The Hall–Kier alpha value is -2.17. The van der Waals surface area contributed by atoms with E-state index in [-0.39, 0.29) is 23.0 Å². The predicted molar refractivity (Wildman–Crippen MR) is 87.5 cm³/mol. The van der Waals surface area contributed by atoms with Crippen LogP contribution in [0.1, 0.15) is 37.3 Å². The summed E-state index contributed by atoms with van der Waals surface area (Å²) in [4.78, 5) is 0.274. The van der Waals surface area contributed by atoms with Crippen molar-refractivity contribution in [3.63, 3.8) is 0 Å². The van der Waals surface area contributed by atoms with Crippen molar-refractivity contribution in [3.05, 3.63) is 48.3 Å². The summed E-state index contributed by atoms with van der Waals surface area (Å²) >= 11 is 0. The fourth-order valence-corrected chi connectivity index (χ4v) is 5.92. The molecule has 0 aliphatic carbocycles. The van der Waals surface area contributed by atoms with Crippen LogP contribution in [0.2, 0.25) is 0 Å². The van der Waals surface area contributed by atoms with Gasteiger partial charge in [0, 0.05) is 24.5 Å². The van der Waals surface area contributed by atoms with Gasteiger partial charge in [0.1, 0.15) is 0 Å². The largest absolute Gasteiger partial charge is 0.270 e. The summed E-state index contributed by atoms with van der Waals surface area (Å²) in [5.41, 5.74) is 0.467. The van der Waals surface area contributed by atoms with E-state index in [0.29, 0.717) is 5.56 Å². The van der Waals surface area contributed by atoms with Gasteiger partial charge in [0.05, 0.1) is 22.6 Å². The van der Waals surface area contributed by atoms with Crippen molar-refractivity contribution in [1.29, 1.82) is 5.26 Å². The molecule has 0 amide bonds. The van der Waals surface area contributed by atoms with Gasteiger partial charge >= 0.3 is 0 Å². The van der Waals surface area contributed by atoms with Gasteiger partial charge in [0.25, 0.3) is 0 Å². The first-order valence-corrected chi connectivity index (χ1v) is 9.56. The fraction of sp³-hybridized carbons (Fsp3) is 0.412. The Balaban J connectivity index is 1.62. The lowest BCUT2D eigenvalue weighted by Gasteiger charge is -2.37. The van der Waals surface area contributed by atoms with Crippen molar-refractivity contribution in [2.24, 2.45) is 0 Å². The highest BCUT2D eigenvalue weighted by atomic mass is 32.2. The Morgan fingerprint density at radius 1 is 1.08 bits per heavy atom. The van der Waals surface area contributed by atoms with E-state index < -0.39 is 10.0 Å². The molecule has 2 aliphatic rings. The molecule has 2 unspecified atom stereocenters. The molecular weight excluding hydrogens is 324 g/mol. The normalized spacial score (nSPS) is 27.0. The molecule has 0 saturated carbocycles. The zero-order chi connectivity index (χ0) is 16.7. The van der Waals surface area contributed by atoms with Crippen LogP contribution < -0.4 is 0 Å². The average Bonchev–Trinajstić information content (AvgIpc) is 3.22. The second kappa shape index (κ2) is 5.72. The summed E-state index contributed by atoms with van der Waals surface area (Å²) in [5.74, 6) is 0. The van der Waals surface area contributed by atoms with E-state index >= 15 is 0 Å². The summed E-state index contributed by atoms with van der Waals surface area (Å²) in [5, 5.41) is 13.2. The summed E-state index contributed by atoms with van der Waals surface area (Å²) < 4.78 is 29.8. The lowest BCUT2D eigenvalue weighted by molar-refractivity contribution is 0.185. The molecule has 2 aromatic rings. The molecule has 6 nitrogen and oxygen atoms in total. The topological polar surface area (TPSA) is 79.0 Å². The van der Waals surface area contributed by atoms with E-state index in [4.69, 9.17) is 5.26 Å². The van der Waals surface area contributed by atoms with Crippen molar-refractivity contribution < 1.29 is 8.42 Å². The van der Waals surface area contributed by atoms with Gasteiger partial charge in [-0.05, 0) is 56.0 Å². The van der Waals surface area contributed by atoms with Crippen LogP contribution in [-0.2, 0) is 10.0 Å². The van der Waals surface area contributed by atoms with E-state index in [0.717, 1.165) is 25.7 Å². The van der Waals surface area contributed by atoms with Gasteiger partial charge in [-0.15, -0.1) is 0 Å². The molecule has 2 atom stereocenters. The molecule has 1 aromatic heterocycles. The first kappa shape index (κ1) is 15.4. The van der Waals surface area contributed by atoms with Crippen LogP contribution in [-0.4, -0.2) is 34.6 Å². The van der Waals surface area contributed by atoms with Crippen LogP contribution >= 0.6 is 0 Å². The maximum atomic E-state index is 13.1. The number of hydrogen-bond donors (Lipinski definition) is 0. The Labute approximate surface area is 141 Å². The summed E-state index contributed by atoms with van der Waals surface area (Å²) in [6.07, 6.45) is 7.12. The summed E-state index contributed by atoms with van der Waals surface area (Å²) in [6.45, 7) is 0. The molecule has 4 rings (SSSR count). The molecule has 1 aromatic carbocycles. The van der Waals surface area contributed by atoms with Crippen LogP contribution in [0.5, 0.6) is 0 Å². The lowest BCUT2D eigenvalue weighted by atomic mass is 10.00. The van der Waals surface area contributed by atoms with E-state index in [1.54, 1.807) is 22.6 Å². The smallest absolute Gasteiger partial charge is 0.243 e. The number of benzene rings is 1. The van der Waals surface area contributed by atoms with Crippen LogP contribution in [0, 0.1) is 11.3 Å². The maximum absolute atomic E-state index is 13.1. The molecule has 2 fully saturated rings. The monoisotopic (exact) mass is 342 g/mol. The van der Waals surface area contributed by atoms with E-state index in [2.05, 4.69) is 5.10 Å². The third kappa shape index (κ3) is 2.43. The zero-order valence-corrected chi connectivity index (χ0v) is 13.9. The van der Waals surface area contributed by atoms with E-state index in [9.17, 15) is 8.42 Å². The summed E-state index contributed by atoms with van der Waals surface area (Å²) in [6, 6.07) is 10.4. The Morgan fingerprint density at radius 2 is 1.75 bits per heavy atom. The van der Waals surface area contributed by atoms with Gasteiger partial charge < -0.3 is 0 Å². The molecular formula is C17H18N4O2S. The maximum Gasteiger partial charge on any atom is 0.243 e. The third-order valence-electron chi connectivity index (χ3n) is 5.10. The number of aromatic nitrogens is 2. The van der Waals surface area contributed by atoms with Crippen molar-refractivity contribution >= 4 is 10.0 Å². The number of nitriles is 1. The third-order valence-corrected chi connectivity index (χ3v) is 7.12. The minimum absolute atomic E-state index is 0.0265. The molecule has 7 heteroatoms. The second-order valence-corrected chi connectivity index (χ2v) is 8.31. The van der Waals surface area contributed by atoms with E-state index in [1.165, 1.54) is 12.1 Å². The van der Waals surface area contributed by atoms with Gasteiger partial charge in [-0.2, -0.15) is 14.7 Å². The van der Waals surface area contributed by atoms with Crippen molar-refractivity contribution in [3.8, 4) is 6.07 Å². The van der Waals surface area contributed by atoms with Crippen LogP contribution in [0.15, 0.2) is 47.6 Å². The molecule has 2 saturated heterocycles. The second-order valence-electron chi connectivity index (χ2n) is 6.47. The summed E-state index contributed by atoms with van der Waals surface area (Å²) in [7, 11) is -3.52. The molecule has 24 heavy (non-hydrogen) atoms. The Kier molecular flexibility index (Phi) is 3.66. The number of nitrogens with zero attached hydrogens (tertiary/aromatic N) is 4. The van der Waals surface area contributed by atoms with Crippen LogP contribution in [0.25, 0.3) is 0 Å². The lowest BCUT2D eigenvalue weighted by Crippen LogP contribution is -2.46. The van der Waals surface area contributed by atoms with Crippen LogP contribution in [0.3, 0.4) is 0 Å².